The van der Waals surface area contributed by atoms with Crippen LogP contribution in [0.25, 0.3) is 0 Å². The molecule has 0 aliphatic carbocycles. The van der Waals surface area contributed by atoms with E-state index < -0.39 is 6.04 Å². The van der Waals surface area contributed by atoms with E-state index in [1.807, 2.05) is 0 Å². The molecule has 1 aromatic rings. The second kappa shape index (κ2) is 5.37. The summed E-state index contributed by atoms with van der Waals surface area (Å²) in [5, 5.41) is 21.0. The first-order valence-electron chi connectivity index (χ1n) is 4.18. The van der Waals surface area contributed by atoms with Gasteiger partial charge >= 0.3 is 0 Å². The van der Waals surface area contributed by atoms with Crippen molar-refractivity contribution in [2.24, 2.45) is 0 Å². The number of hydrogen-bond acceptors (Lipinski definition) is 5. The Morgan fingerprint density at radius 3 is 2.47 bits per heavy atom. The van der Waals surface area contributed by atoms with Crippen LogP contribution in [0.4, 0.5) is 11.6 Å². The molecule has 1 rings (SSSR count). The summed E-state index contributed by atoms with van der Waals surface area (Å²) in [6, 6.07) is 0.912. The summed E-state index contributed by atoms with van der Waals surface area (Å²) in [7, 11) is 0. The number of halogens is 2. The Kier molecular flexibility index (Phi) is 4.41. The molecule has 0 atom stereocenters. The van der Waals surface area contributed by atoms with Crippen LogP contribution < -0.4 is 11.1 Å². The molecule has 0 spiro atoms. The van der Waals surface area contributed by atoms with Crippen molar-refractivity contribution in [2.45, 2.75) is 6.04 Å². The minimum Gasteiger partial charge on any atom is -0.394 e. The van der Waals surface area contributed by atoms with Crippen molar-refractivity contribution >= 4 is 34.8 Å². The van der Waals surface area contributed by atoms with Crippen LogP contribution in [0.3, 0.4) is 0 Å². The fraction of sp³-hybridized carbons (Fsp3) is 0.375. The first kappa shape index (κ1) is 12.3. The predicted octanol–water partition coefficient (Wildman–Crippen LogP) is 0.736. The van der Waals surface area contributed by atoms with Gasteiger partial charge in [0.25, 0.3) is 0 Å². The number of nitrogens with zero attached hydrogens (tertiary/aromatic N) is 1. The molecule has 0 unspecified atom stereocenters. The Bertz CT molecular complexity index is 345. The van der Waals surface area contributed by atoms with Crippen LogP contribution >= 0.6 is 23.2 Å². The van der Waals surface area contributed by atoms with Gasteiger partial charge in [-0.2, -0.15) is 0 Å². The molecule has 0 bridgehead atoms. The molecule has 0 fully saturated rings. The van der Waals surface area contributed by atoms with Crippen molar-refractivity contribution in [3.63, 3.8) is 0 Å². The molecule has 0 amide bonds. The van der Waals surface area contributed by atoms with Crippen molar-refractivity contribution in [3.05, 3.63) is 16.1 Å². The first-order valence-corrected chi connectivity index (χ1v) is 4.93. The van der Waals surface area contributed by atoms with Crippen LogP contribution in [0.2, 0.25) is 10.0 Å². The zero-order chi connectivity index (χ0) is 11.4. The second-order valence-electron chi connectivity index (χ2n) is 2.89. The molecule has 0 aliphatic rings. The maximum absolute atomic E-state index is 8.85. The number of nitrogens with one attached hydrogen (secondary N) is 1. The second-order valence-corrected chi connectivity index (χ2v) is 3.71. The van der Waals surface area contributed by atoms with Crippen LogP contribution in [0.5, 0.6) is 0 Å². The van der Waals surface area contributed by atoms with E-state index in [-0.39, 0.29) is 34.9 Å². The molecule has 0 aromatic carbocycles. The van der Waals surface area contributed by atoms with E-state index in [9.17, 15) is 0 Å². The topological polar surface area (TPSA) is 91.4 Å². The van der Waals surface area contributed by atoms with E-state index in [4.69, 9.17) is 39.1 Å². The quantitative estimate of drug-likeness (QED) is 0.634. The van der Waals surface area contributed by atoms with Crippen LogP contribution in [0.1, 0.15) is 0 Å². The third kappa shape index (κ3) is 3.10. The fourth-order valence-electron chi connectivity index (χ4n) is 0.924. The number of aliphatic hydroxyl groups is 2. The molecule has 15 heavy (non-hydrogen) atoms. The summed E-state index contributed by atoms with van der Waals surface area (Å²) in [4.78, 5) is 3.89. The molecule has 5 N–H and O–H groups in total. The lowest BCUT2D eigenvalue weighted by Crippen LogP contribution is -2.28. The summed E-state index contributed by atoms with van der Waals surface area (Å²) in [5.41, 5.74) is 5.48. The molecule has 1 aromatic heterocycles. The fourth-order valence-corrected chi connectivity index (χ4v) is 1.34. The first-order chi connectivity index (χ1) is 7.08. The van der Waals surface area contributed by atoms with Gasteiger partial charge in [-0.05, 0) is 6.07 Å². The van der Waals surface area contributed by atoms with E-state index in [0.717, 1.165) is 0 Å². The van der Waals surface area contributed by atoms with Crippen LogP contribution in [0.15, 0.2) is 6.07 Å². The Labute approximate surface area is 96.8 Å². The molecule has 0 saturated carbocycles. The van der Waals surface area contributed by atoms with Gasteiger partial charge < -0.3 is 21.3 Å². The van der Waals surface area contributed by atoms with Crippen LogP contribution in [0, 0.1) is 0 Å². The summed E-state index contributed by atoms with van der Waals surface area (Å²) in [6.07, 6.45) is 0. The molecule has 1 heterocycles. The van der Waals surface area contributed by atoms with E-state index in [1.165, 1.54) is 6.07 Å². The highest BCUT2D eigenvalue weighted by Gasteiger charge is 2.11. The third-order valence-electron chi connectivity index (χ3n) is 1.74. The number of hydrogen-bond donors (Lipinski definition) is 4. The number of aromatic nitrogens is 1. The number of anilines is 2. The van der Waals surface area contributed by atoms with Crippen molar-refractivity contribution in [2.75, 3.05) is 24.3 Å². The van der Waals surface area contributed by atoms with E-state index in [2.05, 4.69) is 10.3 Å². The Hall–Kier alpha value is -0.750. The summed E-state index contributed by atoms with van der Waals surface area (Å²) in [5.74, 6) is 0.421. The molecular weight excluding hydrogens is 241 g/mol. The van der Waals surface area contributed by atoms with Gasteiger partial charge in [0.05, 0.1) is 29.3 Å². The summed E-state index contributed by atoms with van der Waals surface area (Å²) in [6.45, 7) is -0.478. The normalized spacial score (nSPS) is 10.7. The average Bonchev–Trinajstić information content (AvgIpc) is 2.21. The highest BCUT2D eigenvalue weighted by molar-refractivity contribution is 6.37. The minimum atomic E-state index is -0.532. The molecule has 0 saturated heterocycles. The van der Waals surface area contributed by atoms with E-state index >= 15 is 0 Å². The molecule has 84 valence electrons. The van der Waals surface area contributed by atoms with Gasteiger partial charge in [-0.25, -0.2) is 4.98 Å². The van der Waals surface area contributed by atoms with Gasteiger partial charge in [0.1, 0.15) is 11.6 Å². The molecule has 5 nitrogen and oxygen atoms in total. The number of nitrogens with two attached hydrogens (primary N) is 1. The predicted molar refractivity (Wildman–Crippen MR) is 60.3 cm³/mol. The van der Waals surface area contributed by atoms with Crippen molar-refractivity contribution in [3.8, 4) is 0 Å². The van der Waals surface area contributed by atoms with E-state index in [1.54, 1.807) is 0 Å². The summed E-state index contributed by atoms with van der Waals surface area (Å²) < 4.78 is 0. The van der Waals surface area contributed by atoms with Gasteiger partial charge in [0, 0.05) is 0 Å². The van der Waals surface area contributed by atoms with Gasteiger partial charge in [-0.1, -0.05) is 23.2 Å². The average molecular weight is 252 g/mol. The molecule has 7 heteroatoms. The van der Waals surface area contributed by atoms with Gasteiger partial charge in [-0.15, -0.1) is 0 Å². The van der Waals surface area contributed by atoms with Crippen molar-refractivity contribution < 1.29 is 10.2 Å². The largest absolute Gasteiger partial charge is 0.394 e. The molecule has 0 aliphatic heterocycles. The van der Waals surface area contributed by atoms with Crippen LogP contribution in [-0.4, -0.2) is 34.5 Å². The van der Waals surface area contributed by atoms with Gasteiger partial charge in [0.2, 0.25) is 0 Å². The maximum Gasteiger partial charge on any atom is 0.147 e. The van der Waals surface area contributed by atoms with Crippen molar-refractivity contribution in [1.29, 1.82) is 0 Å². The summed E-state index contributed by atoms with van der Waals surface area (Å²) >= 11 is 11.5. The smallest absolute Gasteiger partial charge is 0.147 e. The molecule has 0 radical (unpaired) electrons. The number of rotatable bonds is 4. The zero-order valence-corrected chi connectivity index (χ0v) is 9.26. The van der Waals surface area contributed by atoms with E-state index in [0.29, 0.717) is 0 Å². The number of pyridine rings is 1. The highest BCUT2D eigenvalue weighted by atomic mass is 35.5. The Balaban J connectivity index is 2.89. The lowest BCUT2D eigenvalue weighted by Gasteiger charge is -2.15. The van der Waals surface area contributed by atoms with Gasteiger partial charge in [-0.3, -0.25) is 0 Å². The maximum atomic E-state index is 8.85. The minimum absolute atomic E-state index is 0.137. The number of aliphatic hydroxyl groups excluding tert-OH is 2. The molecular formula is C8H11Cl2N3O2. The number of nitrogen functional groups attached to an aromatic ring is 1. The van der Waals surface area contributed by atoms with Gasteiger partial charge in [0.15, 0.2) is 0 Å². The standard InChI is InChI=1S/C8H11Cl2N3O2/c9-5-1-6(10)8(13-7(5)11)12-4(2-14)3-15/h1,4,14-15H,2-3H2,(H3,11,12,13). The van der Waals surface area contributed by atoms with Crippen LogP contribution in [-0.2, 0) is 0 Å². The lowest BCUT2D eigenvalue weighted by molar-refractivity contribution is 0.203. The SMILES string of the molecule is Nc1nc(NC(CO)CO)c(Cl)cc1Cl. The third-order valence-corrected chi connectivity index (χ3v) is 2.33. The Morgan fingerprint density at radius 1 is 1.33 bits per heavy atom. The lowest BCUT2D eigenvalue weighted by atomic mass is 10.3. The monoisotopic (exact) mass is 251 g/mol. The zero-order valence-electron chi connectivity index (χ0n) is 7.74. The Morgan fingerprint density at radius 2 is 1.93 bits per heavy atom. The highest BCUT2D eigenvalue weighted by Crippen LogP contribution is 2.27. The van der Waals surface area contributed by atoms with Crippen molar-refractivity contribution in [1.82, 2.24) is 4.98 Å².